The lowest BCUT2D eigenvalue weighted by Crippen LogP contribution is -2.37. The van der Waals surface area contributed by atoms with E-state index >= 15 is 0 Å². The fourth-order valence-electron chi connectivity index (χ4n) is 3.97. The predicted molar refractivity (Wildman–Crippen MR) is 101 cm³/mol. The van der Waals surface area contributed by atoms with E-state index in [2.05, 4.69) is 33.8 Å². The Kier molecular flexibility index (Phi) is 3.94. The summed E-state index contributed by atoms with van der Waals surface area (Å²) >= 11 is 1.90. The van der Waals surface area contributed by atoms with E-state index in [1.165, 1.54) is 21.8 Å². The van der Waals surface area contributed by atoms with E-state index in [1.807, 2.05) is 16.7 Å². The Morgan fingerprint density at radius 3 is 2.88 bits per heavy atom. The van der Waals surface area contributed by atoms with Crippen LogP contribution in [-0.4, -0.2) is 52.6 Å². The second-order valence-electron chi connectivity index (χ2n) is 7.04. The molecule has 26 heavy (non-hydrogen) atoms. The highest BCUT2D eigenvalue weighted by Crippen LogP contribution is 2.41. The van der Waals surface area contributed by atoms with Crippen LogP contribution in [0.4, 0.5) is 11.5 Å². The number of hydrogen-bond acceptors (Lipinski definition) is 5. The van der Waals surface area contributed by atoms with Gasteiger partial charge in [-0.2, -0.15) is 5.10 Å². The number of anilines is 2. The Morgan fingerprint density at radius 2 is 2.12 bits per heavy atom. The lowest BCUT2D eigenvalue weighted by atomic mass is 10.1. The minimum atomic E-state index is 0.135. The fourth-order valence-corrected chi connectivity index (χ4v) is 4.96. The minimum Gasteiger partial charge on any atom is -0.377 e. The predicted octanol–water partition coefficient (Wildman–Crippen LogP) is 2.60. The zero-order valence-electron chi connectivity index (χ0n) is 14.9. The molecule has 0 unspecified atom stereocenters. The smallest absolute Gasteiger partial charge is 0.219 e. The quantitative estimate of drug-likeness (QED) is 0.813. The highest BCUT2D eigenvalue weighted by Gasteiger charge is 2.34. The summed E-state index contributed by atoms with van der Waals surface area (Å²) in [5, 5.41) is 5.05. The third kappa shape index (κ3) is 2.53. The normalized spacial score (nSPS) is 19.7. The van der Waals surface area contributed by atoms with Crippen LogP contribution in [0.3, 0.4) is 0 Å². The first kappa shape index (κ1) is 16.2. The van der Waals surface area contributed by atoms with Crippen molar-refractivity contribution in [3.8, 4) is 0 Å². The van der Waals surface area contributed by atoms with Crippen LogP contribution >= 0.6 is 11.8 Å². The van der Waals surface area contributed by atoms with E-state index in [4.69, 9.17) is 9.84 Å². The number of carbonyl (C=O) groups excluding carboxylic acids is 1. The molecule has 0 N–H and O–H groups in total. The summed E-state index contributed by atoms with van der Waals surface area (Å²) in [5.74, 6) is 2.20. The Balaban J connectivity index is 1.61. The number of rotatable bonds is 2. The fraction of sp³-hybridized carbons (Fsp3) is 0.474. The maximum absolute atomic E-state index is 12.0. The first-order chi connectivity index (χ1) is 12.7. The van der Waals surface area contributed by atoms with Crippen LogP contribution < -0.4 is 4.90 Å². The van der Waals surface area contributed by atoms with Crippen LogP contribution in [0.25, 0.3) is 0 Å². The highest BCUT2D eigenvalue weighted by atomic mass is 32.2. The van der Waals surface area contributed by atoms with Gasteiger partial charge in [0.2, 0.25) is 5.91 Å². The lowest BCUT2D eigenvalue weighted by Gasteiger charge is -2.32. The third-order valence-electron chi connectivity index (χ3n) is 5.46. The molecule has 2 aromatic rings. The molecule has 0 radical (unpaired) electrons. The first-order valence-electron chi connectivity index (χ1n) is 9.15. The van der Waals surface area contributed by atoms with Gasteiger partial charge in [0.15, 0.2) is 5.82 Å². The molecule has 0 atom stereocenters. The minimum absolute atomic E-state index is 0.135. The van der Waals surface area contributed by atoms with E-state index in [0.717, 1.165) is 44.3 Å². The summed E-state index contributed by atoms with van der Waals surface area (Å²) in [6.07, 6.45) is 0.864. The maximum Gasteiger partial charge on any atom is 0.219 e. The Bertz CT molecular complexity index is 861. The number of carbonyl (C=O) groups is 1. The zero-order valence-corrected chi connectivity index (χ0v) is 15.7. The van der Waals surface area contributed by atoms with Gasteiger partial charge in [-0.15, -0.1) is 11.8 Å². The zero-order chi connectivity index (χ0) is 17.7. The first-order valence-corrected chi connectivity index (χ1v) is 10.1. The van der Waals surface area contributed by atoms with Crippen molar-refractivity contribution in [2.75, 3.05) is 37.0 Å². The van der Waals surface area contributed by atoms with Crippen molar-refractivity contribution < 1.29 is 9.53 Å². The number of hydrogen-bond donors (Lipinski definition) is 0. The van der Waals surface area contributed by atoms with Crippen LogP contribution in [0.2, 0.25) is 0 Å². The lowest BCUT2D eigenvalue weighted by molar-refractivity contribution is -0.129. The Labute approximate surface area is 157 Å². The van der Waals surface area contributed by atoms with Crippen molar-refractivity contribution in [3.63, 3.8) is 0 Å². The molecule has 0 saturated carbocycles. The molecule has 3 aliphatic heterocycles. The molecule has 5 rings (SSSR count). The van der Waals surface area contributed by atoms with Gasteiger partial charge in [-0.1, -0.05) is 12.1 Å². The maximum atomic E-state index is 12.0. The third-order valence-corrected chi connectivity index (χ3v) is 6.50. The molecule has 4 heterocycles. The highest BCUT2D eigenvalue weighted by molar-refractivity contribution is 7.99. The van der Waals surface area contributed by atoms with Gasteiger partial charge in [-0.25, -0.2) is 0 Å². The molecule has 3 aliphatic rings. The number of fused-ring (bicyclic) bond motifs is 2. The number of thioether (sulfide) groups is 1. The second kappa shape index (κ2) is 6.32. The van der Waals surface area contributed by atoms with E-state index in [9.17, 15) is 4.79 Å². The standard InChI is InChI=1S/C19H22N4O2S/c1-13(24)21-7-6-16-15(10-21)19(20-23(16)14-11-25-12-14)22-8-9-26-18-5-3-2-4-17(18)22/h2-5,14H,6-12H2,1H3. The summed E-state index contributed by atoms with van der Waals surface area (Å²) in [4.78, 5) is 17.5. The van der Waals surface area contributed by atoms with Crippen LogP contribution in [-0.2, 0) is 22.5 Å². The largest absolute Gasteiger partial charge is 0.377 e. The van der Waals surface area contributed by atoms with Crippen molar-refractivity contribution in [1.82, 2.24) is 14.7 Å². The molecule has 1 aromatic heterocycles. The number of ether oxygens (including phenoxy) is 1. The summed E-state index contributed by atoms with van der Waals surface area (Å²) < 4.78 is 7.58. The van der Waals surface area contributed by atoms with Gasteiger partial charge in [0.05, 0.1) is 31.5 Å². The average molecular weight is 370 g/mol. The number of benzene rings is 1. The molecule has 1 fully saturated rings. The molecule has 0 bridgehead atoms. The number of nitrogens with zero attached hydrogens (tertiary/aromatic N) is 4. The van der Waals surface area contributed by atoms with E-state index < -0.39 is 0 Å². The number of para-hydroxylation sites is 1. The van der Waals surface area contributed by atoms with Gasteiger partial charge in [0.25, 0.3) is 0 Å². The Morgan fingerprint density at radius 1 is 1.27 bits per heavy atom. The van der Waals surface area contributed by atoms with E-state index in [0.29, 0.717) is 12.6 Å². The molecule has 6 nitrogen and oxygen atoms in total. The van der Waals surface area contributed by atoms with Gasteiger partial charge in [0, 0.05) is 48.3 Å². The topological polar surface area (TPSA) is 50.6 Å². The van der Waals surface area contributed by atoms with Gasteiger partial charge in [0.1, 0.15) is 0 Å². The van der Waals surface area contributed by atoms with Gasteiger partial charge in [-0.05, 0) is 12.1 Å². The van der Waals surface area contributed by atoms with E-state index in [-0.39, 0.29) is 5.91 Å². The summed E-state index contributed by atoms with van der Waals surface area (Å²) in [6.45, 7) is 5.48. The molecular formula is C19H22N4O2S. The van der Waals surface area contributed by atoms with Crippen molar-refractivity contribution >= 4 is 29.2 Å². The van der Waals surface area contributed by atoms with Gasteiger partial charge >= 0.3 is 0 Å². The van der Waals surface area contributed by atoms with Gasteiger partial charge in [-0.3, -0.25) is 9.48 Å². The van der Waals surface area contributed by atoms with E-state index in [1.54, 1.807) is 6.92 Å². The molecule has 0 aliphatic carbocycles. The summed E-state index contributed by atoms with van der Waals surface area (Å²) in [6, 6.07) is 8.85. The van der Waals surface area contributed by atoms with Crippen molar-refractivity contribution in [1.29, 1.82) is 0 Å². The van der Waals surface area contributed by atoms with Crippen LogP contribution in [0.5, 0.6) is 0 Å². The van der Waals surface area contributed by atoms with Crippen molar-refractivity contribution in [2.45, 2.75) is 30.8 Å². The SMILES string of the molecule is CC(=O)N1CCc2c(c(N3CCSc4ccccc43)nn2C2COC2)C1. The molecule has 7 heteroatoms. The van der Waals surface area contributed by atoms with Crippen LogP contribution in [0, 0.1) is 0 Å². The molecule has 136 valence electrons. The summed E-state index contributed by atoms with van der Waals surface area (Å²) in [5.41, 5.74) is 3.71. The molecule has 1 amide bonds. The second-order valence-corrected chi connectivity index (χ2v) is 8.18. The molecular weight excluding hydrogens is 348 g/mol. The molecule has 0 spiro atoms. The molecule has 1 aromatic carbocycles. The average Bonchev–Trinajstić information content (AvgIpc) is 2.98. The van der Waals surface area contributed by atoms with Crippen molar-refractivity contribution in [2.24, 2.45) is 0 Å². The van der Waals surface area contributed by atoms with Gasteiger partial charge < -0.3 is 14.5 Å². The van der Waals surface area contributed by atoms with Crippen LogP contribution in [0.1, 0.15) is 24.2 Å². The Hall–Kier alpha value is -1.99. The monoisotopic (exact) mass is 370 g/mol. The summed E-state index contributed by atoms with van der Waals surface area (Å²) in [7, 11) is 0. The van der Waals surface area contributed by atoms with Crippen LogP contribution in [0.15, 0.2) is 29.2 Å². The molecule has 1 saturated heterocycles. The number of aromatic nitrogens is 2. The van der Waals surface area contributed by atoms with Crippen molar-refractivity contribution in [3.05, 3.63) is 35.5 Å². The number of amides is 1.